The van der Waals surface area contributed by atoms with Gasteiger partial charge in [-0.05, 0) is 219 Å². The number of furan rings is 1. The zero-order valence-electron chi connectivity index (χ0n) is 34.1. The van der Waals surface area contributed by atoms with Gasteiger partial charge in [-0.25, -0.2) is 0 Å². The van der Waals surface area contributed by atoms with Crippen molar-refractivity contribution in [2.75, 3.05) is 0 Å². The summed E-state index contributed by atoms with van der Waals surface area (Å²) in [5, 5.41) is 10.1. The van der Waals surface area contributed by atoms with Gasteiger partial charge in [0.05, 0.1) is 0 Å². The monoisotopic (exact) mass is 734 g/mol. The molecule has 10 aromatic rings. The van der Waals surface area contributed by atoms with Crippen LogP contribution in [0.4, 0.5) is 0 Å². The summed E-state index contributed by atoms with van der Waals surface area (Å²) in [6, 6.07) is 48.9. The largest absolute Gasteiger partial charge is 0.456 e. The summed E-state index contributed by atoms with van der Waals surface area (Å²) >= 11 is 0. The zero-order valence-corrected chi connectivity index (χ0v) is 34.1. The highest BCUT2D eigenvalue weighted by Crippen LogP contribution is 2.52. The minimum absolute atomic E-state index is 0.917. The van der Waals surface area contributed by atoms with Crippen molar-refractivity contribution in [1.82, 2.24) is 0 Å². The molecule has 0 bridgehead atoms. The maximum absolute atomic E-state index is 6.55. The maximum Gasteiger partial charge on any atom is 0.136 e. The van der Waals surface area contributed by atoms with Crippen molar-refractivity contribution in [1.29, 1.82) is 0 Å². The van der Waals surface area contributed by atoms with Crippen molar-refractivity contribution in [2.45, 2.75) is 55.4 Å². The molecule has 1 nitrogen and oxygen atoms in total. The standard InChI is InChI=1S/C56H46O/c1-31-33(3)37(7)53-51(35(31)5)55(43-23-24-49-47(29-43)48-28-41-21-15-16-22-42(41)30-50(48)57-49)52-36(6)32(2)34(4)38(8)54(52)56(53)46-26-44(39-17-11-9-12-18-39)25-45(27-46)40-19-13-10-14-20-40/h9-30H,1-8H3. The summed E-state index contributed by atoms with van der Waals surface area (Å²) < 4.78 is 6.55. The van der Waals surface area contributed by atoms with Crippen LogP contribution in [-0.4, -0.2) is 0 Å². The van der Waals surface area contributed by atoms with Gasteiger partial charge in [0.2, 0.25) is 0 Å². The normalized spacial score (nSPS) is 11.9. The minimum Gasteiger partial charge on any atom is -0.456 e. The van der Waals surface area contributed by atoms with Crippen molar-refractivity contribution in [3.05, 3.63) is 178 Å². The lowest BCUT2D eigenvalue weighted by molar-refractivity contribution is 0.669. The SMILES string of the molecule is Cc1c(C)c(C)c2c(-c3ccc4oc5cc6ccccc6cc5c4c3)c3c(C)c(C)c(C)c(C)c3c(-c3cc(-c4ccccc4)cc(-c4ccccc4)c3)c2c1C. The number of fused-ring (bicyclic) bond motifs is 6. The van der Waals surface area contributed by atoms with E-state index in [0.29, 0.717) is 0 Å². The second kappa shape index (κ2) is 13.1. The minimum atomic E-state index is 0.917. The molecule has 0 unspecified atom stereocenters. The Kier molecular flexibility index (Phi) is 8.03. The van der Waals surface area contributed by atoms with Crippen LogP contribution < -0.4 is 0 Å². The fraction of sp³-hybridized carbons (Fsp3) is 0.143. The van der Waals surface area contributed by atoms with Gasteiger partial charge in [-0.1, -0.05) is 91.0 Å². The quantitative estimate of drug-likeness (QED) is 0.164. The van der Waals surface area contributed by atoms with Crippen LogP contribution in [0.25, 0.3) is 98.8 Å². The Labute approximate surface area is 335 Å². The average molecular weight is 735 g/mol. The lowest BCUT2D eigenvalue weighted by Crippen LogP contribution is -2.04. The Balaban J connectivity index is 1.40. The van der Waals surface area contributed by atoms with E-state index in [0.717, 1.165) is 21.9 Å². The van der Waals surface area contributed by atoms with E-state index in [1.165, 1.54) is 121 Å². The van der Waals surface area contributed by atoms with Crippen LogP contribution in [0, 0.1) is 55.4 Å². The molecule has 0 N–H and O–H groups in total. The van der Waals surface area contributed by atoms with Crippen LogP contribution in [0.5, 0.6) is 0 Å². The third-order valence-corrected chi connectivity index (χ3v) is 13.4. The summed E-state index contributed by atoms with van der Waals surface area (Å²) in [5.41, 5.74) is 22.6. The van der Waals surface area contributed by atoms with Crippen molar-refractivity contribution in [3.8, 4) is 44.5 Å². The molecule has 276 valence electrons. The topological polar surface area (TPSA) is 13.1 Å². The average Bonchev–Trinajstić information content (AvgIpc) is 3.61. The molecule has 1 heteroatoms. The van der Waals surface area contributed by atoms with Gasteiger partial charge in [-0.2, -0.15) is 0 Å². The molecule has 0 fully saturated rings. The Morgan fingerprint density at radius 2 is 0.684 bits per heavy atom. The van der Waals surface area contributed by atoms with Crippen LogP contribution in [0.15, 0.2) is 138 Å². The van der Waals surface area contributed by atoms with E-state index in [-0.39, 0.29) is 0 Å². The van der Waals surface area contributed by atoms with Crippen LogP contribution >= 0.6 is 0 Å². The molecule has 0 saturated carbocycles. The van der Waals surface area contributed by atoms with Gasteiger partial charge in [0.15, 0.2) is 0 Å². The number of rotatable bonds is 4. The number of hydrogen-bond acceptors (Lipinski definition) is 1. The highest BCUT2D eigenvalue weighted by atomic mass is 16.3. The number of hydrogen-bond donors (Lipinski definition) is 0. The first kappa shape index (κ1) is 35.0. The van der Waals surface area contributed by atoms with E-state index < -0.39 is 0 Å². The fourth-order valence-corrected chi connectivity index (χ4v) is 9.69. The summed E-state index contributed by atoms with van der Waals surface area (Å²) in [7, 11) is 0. The first-order valence-corrected chi connectivity index (χ1v) is 20.2. The van der Waals surface area contributed by atoms with Crippen molar-refractivity contribution < 1.29 is 4.42 Å². The Morgan fingerprint density at radius 3 is 1.18 bits per heavy atom. The molecule has 57 heavy (non-hydrogen) atoms. The van der Waals surface area contributed by atoms with E-state index >= 15 is 0 Å². The van der Waals surface area contributed by atoms with E-state index in [2.05, 4.69) is 189 Å². The van der Waals surface area contributed by atoms with Gasteiger partial charge in [0.25, 0.3) is 0 Å². The van der Waals surface area contributed by atoms with Crippen LogP contribution in [-0.2, 0) is 0 Å². The highest BCUT2D eigenvalue weighted by molar-refractivity contribution is 6.26. The maximum atomic E-state index is 6.55. The van der Waals surface area contributed by atoms with E-state index in [1.54, 1.807) is 0 Å². The van der Waals surface area contributed by atoms with Crippen LogP contribution in [0.2, 0.25) is 0 Å². The lowest BCUT2D eigenvalue weighted by atomic mass is 9.76. The van der Waals surface area contributed by atoms with Gasteiger partial charge in [-0.3, -0.25) is 0 Å². The predicted molar refractivity (Wildman–Crippen MR) is 246 cm³/mol. The molecule has 0 spiro atoms. The third-order valence-electron chi connectivity index (χ3n) is 13.4. The molecule has 0 radical (unpaired) electrons. The highest BCUT2D eigenvalue weighted by Gasteiger charge is 2.27. The van der Waals surface area contributed by atoms with Crippen LogP contribution in [0.3, 0.4) is 0 Å². The van der Waals surface area contributed by atoms with Crippen molar-refractivity contribution >= 4 is 54.3 Å². The molecule has 0 amide bonds. The predicted octanol–water partition coefficient (Wildman–Crippen LogP) is 16.2. The Bertz CT molecular complexity index is 3150. The Morgan fingerprint density at radius 1 is 0.281 bits per heavy atom. The molecular formula is C56H46O. The van der Waals surface area contributed by atoms with Gasteiger partial charge in [0.1, 0.15) is 11.2 Å². The van der Waals surface area contributed by atoms with Gasteiger partial charge in [-0.15, -0.1) is 0 Å². The van der Waals surface area contributed by atoms with E-state index in [1.807, 2.05) is 0 Å². The van der Waals surface area contributed by atoms with Crippen LogP contribution in [0.1, 0.15) is 44.5 Å². The second-order valence-electron chi connectivity index (χ2n) is 16.3. The molecule has 9 aromatic carbocycles. The fourth-order valence-electron chi connectivity index (χ4n) is 9.69. The third kappa shape index (κ3) is 5.29. The molecule has 1 heterocycles. The summed E-state index contributed by atoms with van der Waals surface area (Å²) in [6.45, 7) is 18.6. The molecule has 0 aliphatic rings. The van der Waals surface area contributed by atoms with E-state index in [9.17, 15) is 0 Å². The number of aryl methyl sites for hydroxylation is 4. The summed E-state index contributed by atoms with van der Waals surface area (Å²) in [4.78, 5) is 0. The zero-order chi connectivity index (χ0) is 39.3. The van der Waals surface area contributed by atoms with Gasteiger partial charge in [0, 0.05) is 10.8 Å². The molecule has 0 saturated heterocycles. The molecule has 0 atom stereocenters. The molecule has 0 aliphatic heterocycles. The number of benzene rings is 9. The molecule has 10 rings (SSSR count). The summed E-state index contributed by atoms with van der Waals surface area (Å²) in [6.07, 6.45) is 0. The summed E-state index contributed by atoms with van der Waals surface area (Å²) in [5.74, 6) is 0. The van der Waals surface area contributed by atoms with Crippen molar-refractivity contribution in [3.63, 3.8) is 0 Å². The second-order valence-corrected chi connectivity index (χ2v) is 16.3. The van der Waals surface area contributed by atoms with Crippen molar-refractivity contribution in [2.24, 2.45) is 0 Å². The van der Waals surface area contributed by atoms with E-state index in [4.69, 9.17) is 4.42 Å². The first-order valence-electron chi connectivity index (χ1n) is 20.2. The Hall–Kier alpha value is -6.44. The van der Waals surface area contributed by atoms with Gasteiger partial charge < -0.3 is 4.42 Å². The molecule has 1 aromatic heterocycles. The molecule has 0 aliphatic carbocycles. The first-order chi connectivity index (χ1) is 27.6. The smallest absolute Gasteiger partial charge is 0.136 e. The lowest BCUT2D eigenvalue weighted by Gasteiger charge is -2.27. The van der Waals surface area contributed by atoms with Gasteiger partial charge >= 0.3 is 0 Å². The molecular weight excluding hydrogens is 689 g/mol.